The third kappa shape index (κ3) is 4.19. The van der Waals surface area contributed by atoms with Crippen LogP contribution in [0.3, 0.4) is 0 Å². The smallest absolute Gasteiger partial charge is 0.224 e. The Labute approximate surface area is 149 Å². The lowest BCUT2D eigenvalue weighted by Crippen LogP contribution is -2.50. The van der Waals surface area contributed by atoms with Crippen LogP contribution in [0.25, 0.3) is 0 Å². The average molecular weight is 348 g/mol. The van der Waals surface area contributed by atoms with E-state index in [1.165, 1.54) is 56.6 Å². The van der Waals surface area contributed by atoms with Gasteiger partial charge in [-0.3, -0.25) is 14.6 Å². The molecule has 5 heteroatoms. The molecule has 24 heavy (non-hydrogen) atoms. The number of nitrogens with zero attached hydrogens (tertiary/aromatic N) is 2. The second-order valence-corrected chi connectivity index (χ2v) is 8.74. The number of hydrogen-bond acceptors (Lipinski definition) is 4. The largest absolute Gasteiger partial charge is 0.353 e. The molecule has 1 atom stereocenters. The van der Waals surface area contributed by atoms with Gasteiger partial charge in [0.25, 0.3) is 0 Å². The number of carbonyl (C=O) groups excluding carboxylic acids is 1. The molecule has 0 aromatic carbocycles. The van der Waals surface area contributed by atoms with E-state index in [-0.39, 0.29) is 5.92 Å². The van der Waals surface area contributed by atoms with E-state index in [1.54, 1.807) is 0 Å². The first-order valence-electron chi connectivity index (χ1n) is 9.57. The van der Waals surface area contributed by atoms with E-state index < -0.39 is 0 Å². The Hall–Kier alpha value is -0.910. The van der Waals surface area contributed by atoms with Crippen molar-refractivity contribution in [3.8, 4) is 0 Å². The Balaban J connectivity index is 1.24. The second-order valence-electron chi connectivity index (χ2n) is 7.70. The van der Waals surface area contributed by atoms with Crippen molar-refractivity contribution in [3.63, 3.8) is 0 Å². The lowest BCUT2D eigenvalue weighted by atomic mass is 9.93. The molecule has 0 bridgehead atoms. The summed E-state index contributed by atoms with van der Waals surface area (Å²) in [5.74, 6) is 0.542. The fraction of sp³-hybridized carbons (Fsp3) is 0.737. The van der Waals surface area contributed by atoms with Crippen LogP contribution in [0.4, 0.5) is 0 Å². The number of carbonyl (C=O) groups is 1. The van der Waals surface area contributed by atoms with Crippen molar-refractivity contribution >= 4 is 17.2 Å². The molecule has 1 aromatic heterocycles. The highest BCUT2D eigenvalue weighted by molar-refractivity contribution is 7.09. The molecule has 0 spiro atoms. The van der Waals surface area contributed by atoms with Gasteiger partial charge in [-0.05, 0) is 56.5 Å². The molecule has 1 aliphatic carbocycles. The maximum absolute atomic E-state index is 12.4. The van der Waals surface area contributed by atoms with Crippen LogP contribution in [0.15, 0.2) is 17.5 Å². The molecular weight excluding hydrogens is 318 g/mol. The molecule has 2 aliphatic heterocycles. The van der Waals surface area contributed by atoms with Gasteiger partial charge in [0.1, 0.15) is 0 Å². The number of hydrogen-bond donors (Lipinski definition) is 1. The monoisotopic (exact) mass is 347 g/mol. The van der Waals surface area contributed by atoms with Crippen molar-refractivity contribution in [3.05, 3.63) is 22.4 Å². The van der Waals surface area contributed by atoms with Gasteiger partial charge in [-0.25, -0.2) is 0 Å². The normalized spacial score (nSPS) is 27.2. The minimum atomic E-state index is 0.225. The van der Waals surface area contributed by atoms with Crippen LogP contribution in [0.5, 0.6) is 0 Å². The third-order valence-electron chi connectivity index (χ3n) is 5.78. The van der Waals surface area contributed by atoms with E-state index in [0.717, 1.165) is 19.5 Å². The number of piperidine rings is 2. The van der Waals surface area contributed by atoms with Crippen LogP contribution < -0.4 is 5.32 Å². The van der Waals surface area contributed by atoms with E-state index in [9.17, 15) is 4.79 Å². The van der Waals surface area contributed by atoms with Crippen molar-refractivity contribution in [1.29, 1.82) is 0 Å². The zero-order chi connectivity index (χ0) is 16.4. The molecule has 1 amide bonds. The molecule has 1 aromatic rings. The van der Waals surface area contributed by atoms with Crippen LogP contribution >= 0.6 is 11.3 Å². The fourth-order valence-electron chi connectivity index (χ4n) is 4.16. The van der Waals surface area contributed by atoms with Crippen LogP contribution in [-0.2, 0) is 11.3 Å². The van der Waals surface area contributed by atoms with Gasteiger partial charge in [-0.15, -0.1) is 11.3 Å². The molecule has 0 unspecified atom stereocenters. The minimum absolute atomic E-state index is 0.225. The Morgan fingerprint density at radius 3 is 2.71 bits per heavy atom. The third-order valence-corrected chi connectivity index (χ3v) is 6.64. The first-order valence-corrected chi connectivity index (χ1v) is 10.4. The quantitative estimate of drug-likeness (QED) is 0.889. The van der Waals surface area contributed by atoms with E-state index in [0.29, 0.717) is 18.0 Å². The highest BCUT2D eigenvalue weighted by atomic mass is 32.1. The molecule has 3 heterocycles. The van der Waals surface area contributed by atoms with E-state index in [4.69, 9.17) is 0 Å². The average Bonchev–Trinajstić information content (AvgIpc) is 3.28. The van der Waals surface area contributed by atoms with Gasteiger partial charge in [0.15, 0.2) is 0 Å². The number of rotatable bonds is 5. The summed E-state index contributed by atoms with van der Waals surface area (Å²) in [7, 11) is 0. The van der Waals surface area contributed by atoms with E-state index >= 15 is 0 Å². The number of likely N-dealkylation sites (tertiary alicyclic amines) is 2. The van der Waals surface area contributed by atoms with Crippen LogP contribution in [0.2, 0.25) is 0 Å². The summed E-state index contributed by atoms with van der Waals surface area (Å²) in [5, 5.41) is 5.38. The lowest BCUT2D eigenvalue weighted by Gasteiger charge is -2.42. The predicted octanol–water partition coefficient (Wildman–Crippen LogP) is 2.70. The number of thiophene rings is 1. The van der Waals surface area contributed by atoms with Gasteiger partial charge in [-0.2, -0.15) is 0 Å². The second kappa shape index (κ2) is 7.54. The molecule has 4 nitrogen and oxygen atoms in total. The van der Waals surface area contributed by atoms with Crippen LogP contribution in [0, 0.1) is 5.92 Å². The first kappa shape index (κ1) is 16.6. The summed E-state index contributed by atoms with van der Waals surface area (Å²) in [6, 6.07) is 5.56. The molecule has 0 radical (unpaired) electrons. The summed E-state index contributed by atoms with van der Waals surface area (Å²) in [6.07, 6.45) is 7.13. The van der Waals surface area contributed by atoms with Gasteiger partial charge in [0.2, 0.25) is 5.91 Å². The Morgan fingerprint density at radius 1 is 1.17 bits per heavy atom. The molecule has 132 valence electrons. The van der Waals surface area contributed by atoms with Crippen LogP contribution in [-0.4, -0.2) is 54.0 Å². The van der Waals surface area contributed by atoms with Crippen LogP contribution in [0.1, 0.15) is 43.4 Å². The predicted molar refractivity (Wildman–Crippen MR) is 98.1 cm³/mol. The van der Waals surface area contributed by atoms with Gasteiger partial charge >= 0.3 is 0 Å². The Bertz CT molecular complexity index is 535. The van der Waals surface area contributed by atoms with Gasteiger partial charge in [0, 0.05) is 43.1 Å². The van der Waals surface area contributed by atoms with E-state index in [2.05, 4.69) is 32.6 Å². The fourth-order valence-corrected chi connectivity index (χ4v) is 4.91. The topological polar surface area (TPSA) is 35.6 Å². The number of amides is 1. The first-order chi connectivity index (χ1) is 11.8. The Morgan fingerprint density at radius 2 is 2.00 bits per heavy atom. The van der Waals surface area contributed by atoms with Gasteiger partial charge in [-0.1, -0.05) is 6.07 Å². The van der Waals surface area contributed by atoms with Crippen molar-refractivity contribution < 1.29 is 4.79 Å². The highest BCUT2D eigenvalue weighted by Gasteiger charge is 2.33. The van der Waals surface area contributed by atoms with Crippen molar-refractivity contribution in [1.82, 2.24) is 15.1 Å². The summed E-state index contributed by atoms with van der Waals surface area (Å²) >= 11 is 1.86. The molecule has 2 saturated heterocycles. The lowest BCUT2D eigenvalue weighted by molar-refractivity contribution is -0.127. The van der Waals surface area contributed by atoms with E-state index in [1.807, 2.05) is 11.3 Å². The Kier molecular flexibility index (Phi) is 5.20. The van der Waals surface area contributed by atoms with Crippen molar-refractivity contribution in [2.45, 2.75) is 57.2 Å². The summed E-state index contributed by atoms with van der Waals surface area (Å²) < 4.78 is 0. The molecule has 1 N–H and O–H groups in total. The maximum Gasteiger partial charge on any atom is 0.224 e. The summed E-state index contributed by atoms with van der Waals surface area (Å²) in [5.41, 5.74) is 0. The molecule has 1 saturated carbocycles. The van der Waals surface area contributed by atoms with Crippen molar-refractivity contribution in [2.24, 2.45) is 5.92 Å². The summed E-state index contributed by atoms with van der Waals surface area (Å²) in [4.78, 5) is 19.0. The highest BCUT2D eigenvalue weighted by Crippen LogP contribution is 2.26. The number of nitrogens with one attached hydrogen (secondary N) is 1. The molecular formula is C19H29N3OS. The van der Waals surface area contributed by atoms with Gasteiger partial charge in [0.05, 0.1) is 5.92 Å². The maximum atomic E-state index is 12.4. The molecule has 3 fully saturated rings. The van der Waals surface area contributed by atoms with Crippen molar-refractivity contribution in [2.75, 3.05) is 26.2 Å². The standard InChI is InChI=1S/C19H29N3OS/c23-19(20-16-5-6-16)15-3-1-9-22(13-15)17-7-10-21(11-8-17)14-18-4-2-12-24-18/h2,4,12,15-17H,1,3,5-11,13-14H2,(H,20,23)/t15-/m0/s1. The minimum Gasteiger partial charge on any atom is -0.353 e. The zero-order valence-electron chi connectivity index (χ0n) is 14.5. The SMILES string of the molecule is O=C(NC1CC1)[C@H]1CCCN(C2CCN(Cc3cccs3)CC2)C1. The van der Waals surface area contributed by atoms with Gasteiger partial charge < -0.3 is 5.32 Å². The molecule has 4 rings (SSSR count). The summed E-state index contributed by atoms with van der Waals surface area (Å²) in [6.45, 7) is 5.66. The molecule has 3 aliphatic rings. The zero-order valence-corrected chi connectivity index (χ0v) is 15.3.